The van der Waals surface area contributed by atoms with Gasteiger partial charge in [0.05, 0.1) is 6.54 Å². The van der Waals surface area contributed by atoms with Gasteiger partial charge >= 0.3 is 0 Å². The van der Waals surface area contributed by atoms with E-state index in [1.807, 2.05) is 12.1 Å². The molecule has 0 amide bonds. The van der Waals surface area contributed by atoms with E-state index in [0.717, 1.165) is 17.0 Å². The van der Waals surface area contributed by atoms with E-state index in [2.05, 4.69) is 35.1 Å². The first-order valence-corrected chi connectivity index (χ1v) is 5.99. The van der Waals surface area contributed by atoms with Crippen LogP contribution in [0.4, 0.5) is 0 Å². The van der Waals surface area contributed by atoms with Gasteiger partial charge in [0.15, 0.2) is 4.67 Å². The molecule has 1 atom stereocenters. The molecule has 14 heavy (non-hydrogen) atoms. The Morgan fingerprint density at radius 3 is 2.86 bits per heavy atom. The number of hydrogen-bond donors (Lipinski definition) is 1. The second kappa shape index (κ2) is 6.25. The summed E-state index contributed by atoms with van der Waals surface area (Å²) in [6.45, 7) is 5.25. The first-order valence-electron chi connectivity index (χ1n) is 5.20. The summed E-state index contributed by atoms with van der Waals surface area (Å²) < 4.78 is 6.19. The fourth-order valence-electron chi connectivity index (χ4n) is 1.33. The normalized spacial score (nSPS) is 13.1. The van der Waals surface area contributed by atoms with Gasteiger partial charge < -0.3 is 9.73 Å². The molecule has 0 aliphatic rings. The third-order valence-electron chi connectivity index (χ3n) is 2.24. The highest BCUT2D eigenvalue weighted by Gasteiger charge is 2.03. The van der Waals surface area contributed by atoms with Gasteiger partial charge in [0.25, 0.3) is 0 Å². The van der Waals surface area contributed by atoms with E-state index in [9.17, 15) is 0 Å². The van der Waals surface area contributed by atoms with Crippen molar-refractivity contribution in [3.05, 3.63) is 22.6 Å². The topological polar surface area (TPSA) is 25.2 Å². The second-order valence-electron chi connectivity index (χ2n) is 3.63. The second-order valence-corrected chi connectivity index (χ2v) is 4.41. The van der Waals surface area contributed by atoms with Gasteiger partial charge in [-0.2, -0.15) is 0 Å². The van der Waals surface area contributed by atoms with Crippen LogP contribution in [0.5, 0.6) is 0 Å². The fraction of sp³-hybridized carbons (Fsp3) is 0.636. The number of furan rings is 1. The molecule has 0 radical (unpaired) electrons. The Kier molecular flexibility index (Phi) is 5.26. The number of unbranched alkanes of at least 4 members (excludes halogenated alkanes) is 1. The SMILES string of the molecule is CCCCC(C)NCc1ccc(Br)o1. The van der Waals surface area contributed by atoms with Crippen LogP contribution in [0, 0.1) is 0 Å². The molecule has 1 rings (SSSR count). The van der Waals surface area contributed by atoms with Crippen molar-refractivity contribution in [1.29, 1.82) is 0 Å². The lowest BCUT2D eigenvalue weighted by atomic mass is 10.1. The van der Waals surface area contributed by atoms with Crippen LogP contribution in [0.3, 0.4) is 0 Å². The van der Waals surface area contributed by atoms with Crippen molar-refractivity contribution in [3.63, 3.8) is 0 Å². The standard InChI is InChI=1S/C11H18BrNO/c1-3-4-5-9(2)13-8-10-6-7-11(12)14-10/h6-7,9,13H,3-5,8H2,1-2H3. The van der Waals surface area contributed by atoms with Gasteiger partial charge in [-0.15, -0.1) is 0 Å². The Hall–Kier alpha value is -0.280. The number of hydrogen-bond acceptors (Lipinski definition) is 2. The average Bonchev–Trinajstić information content (AvgIpc) is 2.58. The monoisotopic (exact) mass is 259 g/mol. The van der Waals surface area contributed by atoms with Crippen LogP contribution >= 0.6 is 15.9 Å². The van der Waals surface area contributed by atoms with E-state index in [0.29, 0.717) is 6.04 Å². The molecule has 0 saturated heterocycles. The highest BCUT2D eigenvalue weighted by Crippen LogP contribution is 2.14. The lowest BCUT2D eigenvalue weighted by Gasteiger charge is -2.11. The number of rotatable bonds is 6. The van der Waals surface area contributed by atoms with Crippen molar-refractivity contribution >= 4 is 15.9 Å². The molecule has 0 saturated carbocycles. The van der Waals surface area contributed by atoms with Gasteiger partial charge in [-0.25, -0.2) is 0 Å². The molecule has 1 aromatic heterocycles. The smallest absolute Gasteiger partial charge is 0.169 e. The fourth-order valence-corrected chi connectivity index (χ4v) is 1.67. The summed E-state index contributed by atoms with van der Waals surface area (Å²) in [6.07, 6.45) is 3.78. The minimum absolute atomic E-state index is 0.568. The molecule has 0 bridgehead atoms. The zero-order chi connectivity index (χ0) is 10.4. The Morgan fingerprint density at radius 2 is 2.29 bits per heavy atom. The van der Waals surface area contributed by atoms with Crippen LogP contribution in [0.2, 0.25) is 0 Å². The molecule has 1 unspecified atom stereocenters. The van der Waals surface area contributed by atoms with Crippen LogP contribution in [-0.4, -0.2) is 6.04 Å². The van der Waals surface area contributed by atoms with Gasteiger partial charge in [0.1, 0.15) is 5.76 Å². The van der Waals surface area contributed by atoms with Crippen molar-refractivity contribution < 1.29 is 4.42 Å². The van der Waals surface area contributed by atoms with E-state index < -0.39 is 0 Å². The van der Waals surface area contributed by atoms with Crippen molar-refractivity contribution in [3.8, 4) is 0 Å². The van der Waals surface area contributed by atoms with E-state index in [1.54, 1.807) is 0 Å². The van der Waals surface area contributed by atoms with Crippen molar-refractivity contribution in [2.24, 2.45) is 0 Å². The third-order valence-corrected chi connectivity index (χ3v) is 2.67. The van der Waals surface area contributed by atoms with Crippen LogP contribution in [0.25, 0.3) is 0 Å². The Bertz CT molecular complexity index is 260. The van der Waals surface area contributed by atoms with Gasteiger partial charge in [-0.1, -0.05) is 19.8 Å². The molecule has 0 spiro atoms. The van der Waals surface area contributed by atoms with Crippen molar-refractivity contribution in [2.45, 2.75) is 45.7 Å². The van der Waals surface area contributed by atoms with Gasteiger partial charge in [0, 0.05) is 6.04 Å². The van der Waals surface area contributed by atoms with E-state index >= 15 is 0 Å². The number of halogens is 1. The van der Waals surface area contributed by atoms with Gasteiger partial charge in [-0.3, -0.25) is 0 Å². The maximum Gasteiger partial charge on any atom is 0.169 e. The first-order chi connectivity index (χ1) is 6.72. The van der Waals surface area contributed by atoms with E-state index in [4.69, 9.17) is 4.42 Å². The van der Waals surface area contributed by atoms with Gasteiger partial charge in [0.2, 0.25) is 0 Å². The summed E-state index contributed by atoms with van der Waals surface area (Å²) in [5, 5.41) is 3.43. The average molecular weight is 260 g/mol. The third kappa shape index (κ3) is 4.29. The largest absolute Gasteiger partial charge is 0.453 e. The molecule has 0 aliphatic carbocycles. The molecule has 3 heteroatoms. The summed E-state index contributed by atoms with van der Waals surface area (Å²) in [7, 11) is 0. The zero-order valence-electron chi connectivity index (χ0n) is 8.85. The van der Waals surface area contributed by atoms with Crippen LogP contribution in [0.15, 0.2) is 21.2 Å². The molecular formula is C11H18BrNO. The minimum Gasteiger partial charge on any atom is -0.453 e. The van der Waals surface area contributed by atoms with Crippen LogP contribution in [0.1, 0.15) is 38.9 Å². The van der Waals surface area contributed by atoms with E-state index in [1.165, 1.54) is 19.3 Å². The Morgan fingerprint density at radius 1 is 1.50 bits per heavy atom. The molecular weight excluding hydrogens is 242 g/mol. The summed E-state index contributed by atoms with van der Waals surface area (Å²) in [6, 6.07) is 4.48. The lowest BCUT2D eigenvalue weighted by molar-refractivity contribution is 0.428. The summed E-state index contributed by atoms with van der Waals surface area (Å²) in [5.41, 5.74) is 0. The summed E-state index contributed by atoms with van der Waals surface area (Å²) in [5.74, 6) is 0.986. The summed E-state index contributed by atoms with van der Waals surface area (Å²) >= 11 is 3.29. The molecule has 1 aromatic rings. The van der Waals surface area contributed by atoms with Gasteiger partial charge in [-0.05, 0) is 41.4 Å². The Balaban J connectivity index is 2.20. The maximum absolute atomic E-state index is 5.39. The molecule has 80 valence electrons. The van der Waals surface area contributed by atoms with E-state index in [-0.39, 0.29) is 0 Å². The minimum atomic E-state index is 0.568. The molecule has 0 aliphatic heterocycles. The highest BCUT2D eigenvalue weighted by atomic mass is 79.9. The molecule has 0 fully saturated rings. The lowest BCUT2D eigenvalue weighted by Crippen LogP contribution is -2.24. The maximum atomic E-state index is 5.39. The molecule has 0 aromatic carbocycles. The van der Waals surface area contributed by atoms with Crippen molar-refractivity contribution in [1.82, 2.24) is 5.32 Å². The first kappa shape index (κ1) is 11.8. The molecule has 1 N–H and O–H groups in total. The predicted molar refractivity (Wildman–Crippen MR) is 62.2 cm³/mol. The predicted octanol–water partition coefficient (Wildman–Crippen LogP) is 3.71. The quantitative estimate of drug-likeness (QED) is 0.843. The summed E-state index contributed by atoms with van der Waals surface area (Å²) in [4.78, 5) is 0. The molecule has 1 heterocycles. The highest BCUT2D eigenvalue weighted by molar-refractivity contribution is 9.10. The zero-order valence-corrected chi connectivity index (χ0v) is 10.4. The Labute approximate surface area is 94.2 Å². The van der Waals surface area contributed by atoms with Crippen molar-refractivity contribution in [2.75, 3.05) is 0 Å². The van der Waals surface area contributed by atoms with Crippen LogP contribution < -0.4 is 5.32 Å². The number of nitrogens with one attached hydrogen (secondary N) is 1. The van der Waals surface area contributed by atoms with Crippen LogP contribution in [-0.2, 0) is 6.54 Å². The molecule has 2 nitrogen and oxygen atoms in total.